The average Bonchev–Trinajstić information content (AvgIpc) is 2.99. The molecule has 0 aromatic heterocycles. The Bertz CT molecular complexity index is 873. The van der Waals surface area contributed by atoms with E-state index in [9.17, 15) is 9.90 Å². The molecular weight excluding hydrogens is 342 g/mol. The number of fused-ring (bicyclic) bond motifs is 1. The Kier molecular flexibility index (Phi) is 5.81. The van der Waals surface area contributed by atoms with Gasteiger partial charge in [-0.05, 0) is 44.3 Å². The SMILES string of the molecule is CCCCN(C)Cc1c(O)ccc2c1O/C(=C\c1ccccc1OC)C2=O. The lowest BCUT2D eigenvalue weighted by atomic mass is 10.0. The molecule has 1 aliphatic heterocycles. The number of nitrogens with zero attached hydrogens (tertiary/aromatic N) is 1. The molecule has 0 aliphatic carbocycles. The van der Waals surface area contributed by atoms with E-state index in [1.54, 1.807) is 25.3 Å². The number of phenolic OH excluding ortho intramolecular Hbond substituents is 1. The fraction of sp³-hybridized carbons (Fsp3) is 0.318. The second kappa shape index (κ2) is 8.27. The number of aromatic hydroxyl groups is 1. The minimum absolute atomic E-state index is 0.142. The van der Waals surface area contributed by atoms with Crippen LogP contribution >= 0.6 is 0 Å². The highest BCUT2D eigenvalue weighted by atomic mass is 16.5. The summed E-state index contributed by atoms with van der Waals surface area (Å²) >= 11 is 0. The summed E-state index contributed by atoms with van der Waals surface area (Å²) < 4.78 is 11.3. The Labute approximate surface area is 159 Å². The van der Waals surface area contributed by atoms with Crippen LogP contribution in [0.5, 0.6) is 17.2 Å². The van der Waals surface area contributed by atoms with E-state index in [0.29, 0.717) is 29.2 Å². The summed E-state index contributed by atoms with van der Waals surface area (Å²) in [6.45, 7) is 3.57. The molecule has 0 fully saturated rings. The monoisotopic (exact) mass is 367 g/mol. The lowest BCUT2D eigenvalue weighted by molar-refractivity contribution is 0.101. The van der Waals surface area contributed by atoms with Gasteiger partial charge in [0.15, 0.2) is 5.76 Å². The molecule has 2 aromatic rings. The van der Waals surface area contributed by atoms with Crippen molar-refractivity contribution < 1.29 is 19.4 Å². The number of unbranched alkanes of at least 4 members (excludes halogenated alkanes) is 1. The number of hydrogen-bond donors (Lipinski definition) is 1. The first-order valence-corrected chi connectivity index (χ1v) is 9.15. The van der Waals surface area contributed by atoms with Crippen molar-refractivity contribution in [3.8, 4) is 17.2 Å². The fourth-order valence-electron chi connectivity index (χ4n) is 3.15. The Morgan fingerprint density at radius 2 is 2.00 bits per heavy atom. The number of carbonyl (C=O) groups excluding carboxylic acids is 1. The third-order valence-electron chi connectivity index (χ3n) is 4.66. The molecule has 0 atom stereocenters. The minimum Gasteiger partial charge on any atom is -0.507 e. The molecule has 0 radical (unpaired) electrons. The molecule has 1 aliphatic rings. The van der Waals surface area contributed by atoms with E-state index in [1.165, 1.54) is 0 Å². The summed E-state index contributed by atoms with van der Waals surface area (Å²) in [5.41, 5.74) is 1.89. The van der Waals surface area contributed by atoms with Gasteiger partial charge >= 0.3 is 0 Å². The van der Waals surface area contributed by atoms with Crippen LogP contribution in [0, 0.1) is 0 Å². The van der Waals surface area contributed by atoms with Crippen molar-refractivity contribution in [1.29, 1.82) is 0 Å². The minimum atomic E-state index is -0.187. The van der Waals surface area contributed by atoms with Crippen molar-refractivity contribution in [2.45, 2.75) is 26.3 Å². The lowest BCUT2D eigenvalue weighted by Crippen LogP contribution is -2.19. The molecule has 0 amide bonds. The first-order valence-electron chi connectivity index (χ1n) is 9.15. The maximum absolute atomic E-state index is 12.8. The van der Waals surface area contributed by atoms with E-state index in [2.05, 4.69) is 11.8 Å². The highest BCUT2D eigenvalue weighted by Gasteiger charge is 2.31. The van der Waals surface area contributed by atoms with Crippen molar-refractivity contribution in [2.75, 3.05) is 20.7 Å². The van der Waals surface area contributed by atoms with Crippen molar-refractivity contribution >= 4 is 11.9 Å². The van der Waals surface area contributed by atoms with Gasteiger partial charge in [-0.25, -0.2) is 0 Å². The zero-order chi connectivity index (χ0) is 19.4. The molecular formula is C22H25NO4. The molecule has 1 N–H and O–H groups in total. The van der Waals surface area contributed by atoms with Gasteiger partial charge in [0.2, 0.25) is 5.78 Å². The van der Waals surface area contributed by atoms with Gasteiger partial charge < -0.3 is 19.5 Å². The zero-order valence-electron chi connectivity index (χ0n) is 16.0. The van der Waals surface area contributed by atoms with Crippen LogP contribution in [0.15, 0.2) is 42.2 Å². The van der Waals surface area contributed by atoms with Crippen molar-refractivity contribution in [3.63, 3.8) is 0 Å². The number of benzene rings is 2. The van der Waals surface area contributed by atoms with Gasteiger partial charge in [0.1, 0.15) is 17.2 Å². The van der Waals surface area contributed by atoms with Crippen molar-refractivity contribution in [2.24, 2.45) is 0 Å². The molecule has 5 nitrogen and oxygen atoms in total. The van der Waals surface area contributed by atoms with Crippen LogP contribution < -0.4 is 9.47 Å². The molecule has 5 heteroatoms. The van der Waals surface area contributed by atoms with Gasteiger partial charge in [-0.1, -0.05) is 31.5 Å². The molecule has 2 aromatic carbocycles. The van der Waals surface area contributed by atoms with Crippen LogP contribution in [0.3, 0.4) is 0 Å². The molecule has 0 saturated carbocycles. The summed E-state index contributed by atoms with van der Waals surface area (Å²) in [4.78, 5) is 14.9. The first-order chi connectivity index (χ1) is 13.0. The number of ether oxygens (including phenoxy) is 2. The van der Waals surface area contributed by atoms with Gasteiger partial charge in [-0.15, -0.1) is 0 Å². The molecule has 27 heavy (non-hydrogen) atoms. The normalized spacial score (nSPS) is 14.5. The number of ketones is 1. The predicted octanol–water partition coefficient (Wildman–Crippen LogP) is 4.25. The second-order valence-electron chi connectivity index (χ2n) is 6.71. The summed E-state index contributed by atoms with van der Waals surface area (Å²) in [7, 11) is 3.59. The summed E-state index contributed by atoms with van der Waals surface area (Å²) in [6, 6.07) is 10.6. The molecule has 0 bridgehead atoms. The van der Waals surface area contributed by atoms with E-state index < -0.39 is 0 Å². The zero-order valence-corrected chi connectivity index (χ0v) is 16.0. The third-order valence-corrected chi connectivity index (χ3v) is 4.66. The molecule has 0 saturated heterocycles. The van der Waals surface area contributed by atoms with Gasteiger partial charge in [0.25, 0.3) is 0 Å². The largest absolute Gasteiger partial charge is 0.507 e. The maximum Gasteiger partial charge on any atom is 0.231 e. The Morgan fingerprint density at radius 3 is 2.74 bits per heavy atom. The highest BCUT2D eigenvalue weighted by molar-refractivity contribution is 6.15. The van der Waals surface area contributed by atoms with Crippen LogP contribution in [0.1, 0.15) is 41.3 Å². The molecule has 1 heterocycles. The highest BCUT2D eigenvalue weighted by Crippen LogP contribution is 2.40. The number of phenols is 1. The Hall–Kier alpha value is -2.79. The van der Waals surface area contributed by atoms with E-state index in [4.69, 9.17) is 9.47 Å². The third kappa shape index (κ3) is 3.98. The smallest absolute Gasteiger partial charge is 0.231 e. The topological polar surface area (TPSA) is 59.0 Å². The Balaban J connectivity index is 1.92. The van der Waals surface area contributed by atoms with Crippen LogP contribution in [0.25, 0.3) is 6.08 Å². The van der Waals surface area contributed by atoms with Crippen LogP contribution in [-0.2, 0) is 6.54 Å². The van der Waals surface area contributed by atoms with Gasteiger partial charge in [0.05, 0.1) is 18.2 Å². The van der Waals surface area contributed by atoms with Crippen LogP contribution in [0.4, 0.5) is 0 Å². The summed E-state index contributed by atoms with van der Waals surface area (Å²) in [5, 5.41) is 10.3. The van der Waals surface area contributed by atoms with Crippen molar-refractivity contribution in [3.05, 3.63) is 58.8 Å². The molecule has 0 spiro atoms. The number of allylic oxidation sites excluding steroid dienone is 1. The van der Waals surface area contributed by atoms with Gasteiger partial charge in [-0.3, -0.25) is 4.79 Å². The summed E-state index contributed by atoms with van der Waals surface area (Å²) in [6.07, 6.45) is 3.86. The van der Waals surface area contributed by atoms with E-state index in [0.717, 1.165) is 24.9 Å². The predicted molar refractivity (Wildman–Crippen MR) is 105 cm³/mol. The number of para-hydroxylation sites is 1. The average molecular weight is 367 g/mol. The van der Waals surface area contributed by atoms with Gasteiger partial charge in [-0.2, -0.15) is 0 Å². The second-order valence-corrected chi connectivity index (χ2v) is 6.71. The quantitative estimate of drug-likeness (QED) is 0.742. The van der Waals surface area contributed by atoms with Crippen molar-refractivity contribution in [1.82, 2.24) is 4.90 Å². The van der Waals surface area contributed by atoms with Crippen LogP contribution in [0.2, 0.25) is 0 Å². The van der Waals surface area contributed by atoms with E-state index in [1.807, 2.05) is 31.3 Å². The standard InChI is InChI=1S/C22H25NO4/c1-4-5-12-23(2)14-17-18(24)11-10-16-21(25)20(27-22(16)17)13-15-8-6-7-9-19(15)26-3/h6-11,13,24H,4-5,12,14H2,1-3H3/b20-13-. The van der Waals surface area contributed by atoms with E-state index >= 15 is 0 Å². The first kappa shape index (κ1) is 19.0. The number of Topliss-reactive ketones (excluding diaryl/α,β-unsaturated/α-hetero) is 1. The fourth-order valence-corrected chi connectivity index (χ4v) is 3.15. The number of rotatable bonds is 7. The molecule has 0 unspecified atom stereocenters. The number of methoxy groups -OCH3 is 1. The lowest BCUT2D eigenvalue weighted by Gasteiger charge is -2.18. The Morgan fingerprint density at radius 1 is 1.22 bits per heavy atom. The molecule has 3 rings (SSSR count). The maximum atomic E-state index is 12.8. The van der Waals surface area contributed by atoms with E-state index in [-0.39, 0.29) is 17.3 Å². The number of hydrogen-bond acceptors (Lipinski definition) is 5. The van der Waals surface area contributed by atoms with Crippen LogP contribution in [-0.4, -0.2) is 36.5 Å². The summed E-state index contributed by atoms with van der Waals surface area (Å²) in [5.74, 6) is 1.30. The molecule has 142 valence electrons. The van der Waals surface area contributed by atoms with Gasteiger partial charge in [0, 0.05) is 12.1 Å². The number of carbonyl (C=O) groups is 1.